The van der Waals surface area contributed by atoms with E-state index in [2.05, 4.69) is 20.6 Å². The van der Waals surface area contributed by atoms with Crippen molar-refractivity contribution in [1.29, 1.82) is 0 Å². The second-order valence-electron chi connectivity index (χ2n) is 5.06. The normalized spacial score (nSPS) is 17.0. The zero-order chi connectivity index (χ0) is 14.1. The van der Waals surface area contributed by atoms with E-state index < -0.39 is 9.84 Å². The van der Waals surface area contributed by atoms with Gasteiger partial charge in [0, 0.05) is 25.3 Å². The van der Waals surface area contributed by atoms with Crippen LogP contribution in [0.5, 0.6) is 0 Å². The molecule has 0 bridgehead atoms. The van der Waals surface area contributed by atoms with Crippen LogP contribution in [-0.2, 0) is 9.84 Å². The van der Waals surface area contributed by atoms with E-state index >= 15 is 0 Å². The topological polar surface area (TPSA) is 84.0 Å². The van der Waals surface area contributed by atoms with Crippen LogP contribution in [0.4, 0.5) is 11.5 Å². The predicted molar refractivity (Wildman–Crippen MR) is 76.5 cm³/mol. The van der Waals surface area contributed by atoms with Crippen molar-refractivity contribution in [2.24, 2.45) is 5.41 Å². The molecule has 0 aliphatic heterocycles. The summed E-state index contributed by atoms with van der Waals surface area (Å²) in [6, 6.07) is 0. The lowest BCUT2D eigenvalue weighted by Gasteiger charge is -2.17. The van der Waals surface area contributed by atoms with Crippen LogP contribution >= 0.6 is 11.6 Å². The lowest BCUT2D eigenvalue weighted by molar-refractivity contribution is 0.560. The van der Waals surface area contributed by atoms with Crippen molar-refractivity contribution < 1.29 is 8.42 Å². The van der Waals surface area contributed by atoms with Crippen molar-refractivity contribution in [1.82, 2.24) is 9.97 Å². The highest BCUT2D eigenvalue weighted by Crippen LogP contribution is 2.46. The van der Waals surface area contributed by atoms with E-state index in [0.717, 1.165) is 12.8 Å². The first-order valence-corrected chi connectivity index (χ1v) is 8.39. The Bertz CT molecular complexity index is 572. The third kappa shape index (κ3) is 3.70. The summed E-state index contributed by atoms with van der Waals surface area (Å²) in [6.07, 6.45) is 4.48. The van der Waals surface area contributed by atoms with Crippen LogP contribution < -0.4 is 10.6 Å². The van der Waals surface area contributed by atoms with Gasteiger partial charge in [0.25, 0.3) is 0 Å². The third-order valence-electron chi connectivity index (χ3n) is 3.21. The summed E-state index contributed by atoms with van der Waals surface area (Å²) in [7, 11) is -1.23. The SMILES string of the molecule is CNc1c(Cl)ncnc1NCC1(CS(C)(=O)=O)CC1. The number of nitrogens with one attached hydrogen (secondary N) is 2. The number of hydrogen-bond acceptors (Lipinski definition) is 6. The number of halogens is 1. The summed E-state index contributed by atoms with van der Waals surface area (Å²) in [6.45, 7) is 0.572. The number of anilines is 2. The lowest BCUT2D eigenvalue weighted by atomic mass is 10.1. The fourth-order valence-electron chi connectivity index (χ4n) is 2.10. The first-order valence-electron chi connectivity index (χ1n) is 5.95. The zero-order valence-electron chi connectivity index (χ0n) is 10.9. The fraction of sp³-hybridized carbons (Fsp3) is 0.636. The lowest BCUT2D eigenvalue weighted by Crippen LogP contribution is -2.24. The van der Waals surface area contributed by atoms with Gasteiger partial charge in [0.2, 0.25) is 0 Å². The van der Waals surface area contributed by atoms with E-state index in [9.17, 15) is 8.42 Å². The highest BCUT2D eigenvalue weighted by atomic mass is 35.5. The van der Waals surface area contributed by atoms with Gasteiger partial charge in [-0.3, -0.25) is 0 Å². The van der Waals surface area contributed by atoms with Crippen molar-refractivity contribution in [2.45, 2.75) is 12.8 Å². The fourth-order valence-corrected chi connectivity index (χ4v) is 3.83. The van der Waals surface area contributed by atoms with Gasteiger partial charge >= 0.3 is 0 Å². The first-order chi connectivity index (χ1) is 8.85. The van der Waals surface area contributed by atoms with Crippen LogP contribution in [0.1, 0.15) is 12.8 Å². The highest BCUT2D eigenvalue weighted by molar-refractivity contribution is 7.90. The molecule has 1 saturated carbocycles. The van der Waals surface area contributed by atoms with Crippen LogP contribution in [0.2, 0.25) is 5.15 Å². The second-order valence-corrected chi connectivity index (χ2v) is 7.56. The Morgan fingerprint density at radius 3 is 2.63 bits per heavy atom. The maximum Gasteiger partial charge on any atom is 0.157 e. The molecule has 2 rings (SSSR count). The molecule has 0 amide bonds. The van der Waals surface area contributed by atoms with Gasteiger partial charge in [-0.15, -0.1) is 0 Å². The summed E-state index contributed by atoms with van der Waals surface area (Å²) < 4.78 is 22.8. The van der Waals surface area contributed by atoms with E-state index in [4.69, 9.17) is 11.6 Å². The maximum absolute atomic E-state index is 11.4. The zero-order valence-corrected chi connectivity index (χ0v) is 12.5. The van der Waals surface area contributed by atoms with Crippen molar-refractivity contribution >= 4 is 32.9 Å². The van der Waals surface area contributed by atoms with E-state index in [0.29, 0.717) is 23.2 Å². The number of aromatic nitrogens is 2. The van der Waals surface area contributed by atoms with Crippen molar-refractivity contribution in [3.63, 3.8) is 0 Å². The van der Waals surface area contributed by atoms with Crippen LogP contribution in [0.15, 0.2) is 6.33 Å². The van der Waals surface area contributed by atoms with Gasteiger partial charge in [-0.2, -0.15) is 0 Å². The Morgan fingerprint density at radius 1 is 1.42 bits per heavy atom. The van der Waals surface area contributed by atoms with Crippen molar-refractivity contribution in [2.75, 3.05) is 36.2 Å². The average molecular weight is 305 g/mol. The Hall–Kier alpha value is -1.08. The van der Waals surface area contributed by atoms with Gasteiger partial charge < -0.3 is 10.6 Å². The Morgan fingerprint density at radius 2 is 2.11 bits per heavy atom. The molecule has 1 aromatic heterocycles. The molecular formula is C11H17ClN4O2S. The highest BCUT2D eigenvalue weighted by Gasteiger charge is 2.45. The summed E-state index contributed by atoms with van der Waals surface area (Å²) in [5.74, 6) is 0.808. The number of nitrogens with zero attached hydrogens (tertiary/aromatic N) is 2. The Balaban J connectivity index is 2.06. The van der Waals surface area contributed by atoms with Gasteiger partial charge in [0.1, 0.15) is 21.9 Å². The standard InChI is InChI=1S/C11H17ClN4O2S/c1-13-8-9(12)15-7-16-10(8)14-5-11(3-4-11)6-19(2,17)18/h7,13H,3-6H2,1-2H3,(H,14,15,16). The third-order valence-corrected chi connectivity index (χ3v) is 4.63. The monoisotopic (exact) mass is 304 g/mol. The van der Waals surface area contributed by atoms with Crippen LogP contribution in [0, 0.1) is 5.41 Å². The molecule has 0 unspecified atom stereocenters. The molecule has 1 aliphatic carbocycles. The Kier molecular flexibility index (Phi) is 3.87. The minimum Gasteiger partial charge on any atom is -0.383 e. The number of sulfone groups is 1. The number of rotatable bonds is 6. The van der Waals surface area contributed by atoms with E-state index in [1.807, 2.05) is 0 Å². The van der Waals surface area contributed by atoms with E-state index in [1.165, 1.54) is 12.6 Å². The van der Waals surface area contributed by atoms with Crippen LogP contribution in [0.3, 0.4) is 0 Å². The largest absolute Gasteiger partial charge is 0.383 e. The van der Waals surface area contributed by atoms with Crippen LogP contribution in [-0.4, -0.2) is 44.0 Å². The predicted octanol–water partition coefficient (Wildman–Crippen LogP) is 1.41. The molecule has 106 valence electrons. The van der Waals surface area contributed by atoms with E-state index in [1.54, 1.807) is 7.05 Å². The molecule has 2 N–H and O–H groups in total. The van der Waals surface area contributed by atoms with Gasteiger partial charge in [0.15, 0.2) is 11.0 Å². The molecule has 0 atom stereocenters. The molecule has 6 nitrogen and oxygen atoms in total. The first kappa shape index (κ1) is 14.3. The smallest absolute Gasteiger partial charge is 0.157 e. The van der Waals surface area contributed by atoms with E-state index in [-0.39, 0.29) is 11.2 Å². The summed E-state index contributed by atoms with van der Waals surface area (Å²) in [5, 5.41) is 6.44. The quantitative estimate of drug-likeness (QED) is 0.773. The average Bonchev–Trinajstić information content (AvgIpc) is 3.04. The maximum atomic E-state index is 11.4. The summed E-state index contributed by atoms with van der Waals surface area (Å²) in [5.41, 5.74) is 0.468. The number of hydrogen-bond donors (Lipinski definition) is 2. The molecular weight excluding hydrogens is 288 g/mol. The minimum absolute atomic E-state index is 0.157. The van der Waals surface area contributed by atoms with Gasteiger partial charge in [-0.25, -0.2) is 18.4 Å². The molecule has 19 heavy (non-hydrogen) atoms. The summed E-state index contributed by atoms with van der Waals surface area (Å²) >= 11 is 5.95. The van der Waals surface area contributed by atoms with Gasteiger partial charge in [-0.1, -0.05) is 11.6 Å². The van der Waals surface area contributed by atoms with Gasteiger partial charge in [0.05, 0.1) is 5.75 Å². The molecule has 8 heteroatoms. The van der Waals surface area contributed by atoms with Gasteiger partial charge in [-0.05, 0) is 12.8 Å². The van der Waals surface area contributed by atoms with Crippen molar-refractivity contribution in [3.05, 3.63) is 11.5 Å². The molecule has 1 heterocycles. The minimum atomic E-state index is -2.96. The summed E-state index contributed by atoms with van der Waals surface area (Å²) in [4.78, 5) is 8.01. The molecule has 0 spiro atoms. The van der Waals surface area contributed by atoms with Crippen LogP contribution in [0.25, 0.3) is 0 Å². The molecule has 0 saturated heterocycles. The van der Waals surface area contributed by atoms with Crippen molar-refractivity contribution in [3.8, 4) is 0 Å². The molecule has 1 aromatic rings. The molecule has 1 fully saturated rings. The molecule has 0 aromatic carbocycles. The second kappa shape index (κ2) is 5.13. The molecule has 1 aliphatic rings. The molecule has 0 radical (unpaired) electrons. The Labute approximate surface area is 117 Å².